The van der Waals surface area contributed by atoms with Crippen LogP contribution in [0.25, 0.3) is 0 Å². The summed E-state index contributed by atoms with van der Waals surface area (Å²) in [6.07, 6.45) is 4.76. The van der Waals surface area contributed by atoms with Crippen LogP contribution in [-0.4, -0.2) is 73.2 Å². The van der Waals surface area contributed by atoms with Gasteiger partial charge in [0, 0.05) is 26.2 Å². The van der Waals surface area contributed by atoms with Crippen LogP contribution in [0.2, 0.25) is 0 Å². The number of urea groups is 1. The number of nitrogens with one attached hydrogen (secondary N) is 1. The van der Waals surface area contributed by atoms with E-state index in [1.165, 1.54) is 4.31 Å². The molecule has 2 N–H and O–H groups in total. The third kappa shape index (κ3) is 3.94. The van der Waals surface area contributed by atoms with Crippen LogP contribution in [-0.2, 0) is 14.8 Å². The Morgan fingerprint density at radius 3 is 2.29 bits per heavy atom. The van der Waals surface area contributed by atoms with E-state index in [9.17, 15) is 18.0 Å². The lowest BCUT2D eigenvalue weighted by molar-refractivity contribution is -0.140. The number of aliphatic carboxylic acids is 1. The van der Waals surface area contributed by atoms with Crippen molar-refractivity contribution in [1.29, 1.82) is 0 Å². The number of carboxylic acids is 1. The van der Waals surface area contributed by atoms with Gasteiger partial charge >= 0.3 is 12.0 Å². The van der Waals surface area contributed by atoms with Crippen molar-refractivity contribution in [2.75, 3.05) is 32.4 Å². The molecule has 0 radical (unpaired) electrons. The first-order chi connectivity index (χ1) is 9.77. The quantitative estimate of drug-likeness (QED) is 0.670. The molecule has 2 unspecified atom stereocenters. The summed E-state index contributed by atoms with van der Waals surface area (Å²) in [6.45, 7) is 1.23. The zero-order valence-corrected chi connectivity index (χ0v) is 12.5. The van der Waals surface area contributed by atoms with Crippen molar-refractivity contribution in [3.63, 3.8) is 0 Å². The summed E-state index contributed by atoms with van der Waals surface area (Å²) in [5.74, 6) is -1.46. The van der Waals surface area contributed by atoms with Crippen LogP contribution in [0.3, 0.4) is 0 Å². The molecule has 1 saturated heterocycles. The normalized spacial score (nSPS) is 26.8. The van der Waals surface area contributed by atoms with Crippen LogP contribution < -0.4 is 5.32 Å². The molecular weight excluding hydrogens is 298 g/mol. The summed E-state index contributed by atoms with van der Waals surface area (Å²) in [5, 5.41) is 11.6. The van der Waals surface area contributed by atoms with Gasteiger partial charge in [0.05, 0.1) is 18.2 Å². The summed E-state index contributed by atoms with van der Waals surface area (Å²) < 4.78 is 24.1. The number of piperazine rings is 1. The minimum absolute atomic E-state index is 0.282. The number of hydrogen-bond acceptors (Lipinski definition) is 4. The number of amides is 2. The first-order valence-corrected chi connectivity index (χ1v) is 8.54. The number of hydrogen-bond donors (Lipinski definition) is 2. The number of rotatable bonds is 3. The van der Waals surface area contributed by atoms with Crippen LogP contribution in [0, 0.1) is 5.92 Å². The van der Waals surface area contributed by atoms with Crippen LogP contribution in [0.1, 0.15) is 6.42 Å². The highest BCUT2D eigenvalue weighted by atomic mass is 32.2. The fraction of sp³-hybridized carbons (Fsp3) is 0.667. The number of sulfonamides is 1. The zero-order valence-electron chi connectivity index (χ0n) is 11.7. The molecule has 8 nitrogen and oxygen atoms in total. The Morgan fingerprint density at radius 1 is 1.19 bits per heavy atom. The third-order valence-corrected chi connectivity index (χ3v) is 5.01. The van der Waals surface area contributed by atoms with Crippen molar-refractivity contribution < 1.29 is 23.1 Å². The summed E-state index contributed by atoms with van der Waals surface area (Å²) in [6, 6.07) is -0.574. The fourth-order valence-corrected chi connectivity index (χ4v) is 3.29. The molecule has 118 valence electrons. The molecule has 2 atom stereocenters. The molecule has 1 aliphatic heterocycles. The molecule has 1 aliphatic carbocycles. The van der Waals surface area contributed by atoms with Crippen molar-refractivity contribution in [2.45, 2.75) is 12.5 Å². The third-order valence-electron chi connectivity index (χ3n) is 3.70. The number of nitrogens with zero attached hydrogens (tertiary/aromatic N) is 2. The Hall–Kier alpha value is -1.61. The maximum atomic E-state index is 12.1. The number of carboxylic acid groups (broad SMARTS) is 1. The minimum Gasteiger partial charge on any atom is -0.481 e. The predicted molar refractivity (Wildman–Crippen MR) is 75.2 cm³/mol. The molecule has 2 rings (SSSR count). The van der Waals surface area contributed by atoms with E-state index in [4.69, 9.17) is 5.11 Å². The largest absolute Gasteiger partial charge is 0.481 e. The molecule has 0 aromatic carbocycles. The van der Waals surface area contributed by atoms with Crippen molar-refractivity contribution >= 4 is 22.0 Å². The van der Waals surface area contributed by atoms with Gasteiger partial charge in [-0.25, -0.2) is 13.2 Å². The van der Waals surface area contributed by atoms with Gasteiger partial charge in [-0.1, -0.05) is 12.2 Å². The Labute approximate surface area is 123 Å². The summed E-state index contributed by atoms with van der Waals surface area (Å²) in [4.78, 5) is 24.4. The van der Waals surface area contributed by atoms with E-state index in [0.717, 1.165) is 6.26 Å². The lowest BCUT2D eigenvalue weighted by Crippen LogP contribution is -2.54. The molecule has 9 heteroatoms. The van der Waals surface area contributed by atoms with Gasteiger partial charge in [0.1, 0.15) is 0 Å². The molecule has 0 bridgehead atoms. The van der Waals surface area contributed by atoms with Gasteiger partial charge in [0.15, 0.2) is 0 Å². The van der Waals surface area contributed by atoms with Crippen LogP contribution in [0.15, 0.2) is 12.2 Å². The highest BCUT2D eigenvalue weighted by Gasteiger charge is 2.29. The van der Waals surface area contributed by atoms with Crippen molar-refractivity contribution in [1.82, 2.24) is 14.5 Å². The van der Waals surface area contributed by atoms with Gasteiger partial charge in [0.25, 0.3) is 0 Å². The maximum Gasteiger partial charge on any atom is 0.317 e. The van der Waals surface area contributed by atoms with Gasteiger partial charge in [-0.3, -0.25) is 4.79 Å². The number of carbonyl (C=O) groups excluding carboxylic acids is 1. The molecule has 21 heavy (non-hydrogen) atoms. The molecule has 1 heterocycles. The van der Waals surface area contributed by atoms with E-state index >= 15 is 0 Å². The van der Waals surface area contributed by atoms with E-state index < -0.39 is 21.9 Å². The summed E-state index contributed by atoms with van der Waals surface area (Å²) >= 11 is 0. The Morgan fingerprint density at radius 2 is 1.81 bits per heavy atom. The summed E-state index contributed by atoms with van der Waals surface area (Å²) in [7, 11) is -3.22. The van der Waals surface area contributed by atoms with Gasteiger partial charge in [0.2, 0.25) is 10.0 Å². The van der Waals surface area contributed by atoms with Gasteiger partial charge in [-0.2, -0.15) is 4.31 Å². The zero-order chi connectivity index (χ0) is 15.6. The molecule has 2 aliphatic rings. The first kappa shape index (κ1) is 15.8. The average Bonchev–Trinajstić information content (AvgIpc) is 2.86. The second kappa shape index (κ2) is 6.02. The predicted octanol–water partition coefficient (Wildman–Crippen LogP) is -0.697. The maximum absolute atomic E-state index is 12.1. The Kier molecular flexibility index (Phi) is 4.52. The molecular formula is C12H19N3O5S. The van der Waals surface area contributed by atoms with Crippen LogP contribution >= 0.6 is 0 Å². The van der Waals surface area contributed by atoms with Crippen molar-refractivity contribution in [3.8, 4) is 0 Å². The van der Waals surface area contributed by atoms with Gasteiger partial charge < -0.3 is 15.3 Å². The second-order valence-electron chi connectivity index (χ2n) is 5.27. The fourth-order valence-electron chi connectivity index (χ4n) is 2.46. The molecule has 0 spiro atoms. The van der Waals surface area contributed by atoms with Crippen LogP contribution in [0.4, 0.5) is 4.79 Å². The molecule has 0 aromatic heterocycles. The SMILES string of the molecule is CS(=O)(=O)N1CCN(C(=O)NC2C=CC(C(=O)O)C2)CC1. The van der Waals surface area contributed by atoms with E-state index in [2.05, 4.69) is 5.32 Å². The molecule has 2 amide bonds. The van der Waals surface area contributed by atoms with Crippen molar-refractivity contribution in [3.05, 3.63) is 12.2 Å². The first-order valence-electron chi connectivity index (χ1n) is 6.69. The monoisotopic (exact) mass is 317 g/mol. The average molecular weight is 317 g/mol. The van der Waals surface area contributed by atoms with Gasteiger partial charge in [-0.15, -0.1) is 0 Å². The highest BCUT2D eigenvalue weighted by Crippen LogP contribution is 2.18. The van der Waals surface area contributed by atoms with E-state index in [-0.39, 0.29) is 25.2 Å². The highest BCUT2D eigenvalue weighted by molar-refractivity contribution is 7.88. The van der Waals surface area contributed by atoms with E-state index in [1.54, 1.807) is 17.1 Å². The lowest BCUT2D eigenvalue weighted by atomic mass is 10.1. The molecule has 0 saturated carbocycles. The van der Waals surface area contributed by atoms with Crippen LogP contribution in [0.5, 0.6) is 0 Å². The van der Waals surface area contributed by atoms with E-state index in [0.29, 0.717) is 19.5 Å². The topological polar surface area (TPSA) is 107 Å². The number of carbonyl (C=O) groups is 2. The van der Waals surface area contributed by atoms with E-state index in [1.807, 2.05) is 0 Å². The molecule has 1 fully saturated rings. The lowest BCUT2D eigenvalue weighted by Gasteiger charge is -2.33. The second-order valence-corrected chi connectivity index (χ2v) is 7.25. The van der Waals surface area contributed by atoms with Crippen molar-refractivity contribution in [2.24, 2.45) is 5.92 Å². The minimum atomic E-state index is -3.22. The smallest absolute Gasteiger partial charge is 0.317 e. The van der Waals surface area contributed by atoms with Gasteiger partial charge in [-0.05, 0) is 6.42 Å². The summed E-state index contributed by atoms with van der Waals surface area (Å²) in [5.41, 5.74) is 0. The molecule has 0 aromatic rings. The Bertz CT molecular complexity index is 551. The Balaban J connectivity index is 1.81. The standard InChI is InChI=1S/C12H19N3O5S/c1-21(19,20)15-6-4-14(5-7-15)12(18)13-10-3-2-9(8-10)11(16)17/h2-3,9-10H,4-8H2,1H3,(H,13,18)(H,16,17).